The molecule has 0 saturated carbocycles. The molecule has 2 unspecified atom stereocenters. The molecule has 0 aromatic heterocycles. The van der Waals surface area contributed by atoms with Crippen LogP contribution >= 0.6 is 0 Å². The van der Waals surface area contributed by atoms with Gasteiger partial charge in [-0.3, -0.25) is 10.1 Å². The van der Waals surface area contributed by atoms with E-state index in [2.05, 4.69) is 0 Å². The summed E-state index contributed by atoms with van der Waals surface area (Å²) >= 11 is 0. The zero-order valence-corrected chi connectivity index (χ0v) is 17.7. The smallest absolute Gasteiger partial charge is 0.269 e. The molecule has 0 aliphatic heterocycles. The molecule has 8 heteroatoms. The van der Waals surface area contributed by atoms with Gasteiger partial charge in [-0.2, -0.15) is 4.31 Å². The van der Waals surface area contributed by atoms with Gasteiger partial charge in [0.2, 0.25) is 10.0 Å². The Morgan fingerprint density at radius 3 is 2.10 bits per heavy atom. The quantitative estimate of drug-likeness (QED) is 0.465. The fraction of sp³-hybridized carbons (Fsp3) is 0.429. The van der Waals surface area contributed by atoms with Crippen molar-refractivity contribution >= 4 is 15.7 Å². The van der Waals surface area contributed by atoms with Gasteiger partial charge < -0.3 is 5.11 Å². The second kappa shape index (κ2) is 9.96. The summed E-state index contributed by atoms with van der Waals surface area (Å²) in [6.07, 6.45) is -0.411. The zero-order valence-electron chi connectivity index (χ0n) is 16.9. The number of sulfonamides is 1. The van der Waals surface area contributed by atoms with Gasteiger partial charge in [0.1, 0.15) is 0 Å². The molecule has 2 aromatic carbocycles. The lowest BCUT2D eigenvalue weighted by Crippen LogP contribution is -2.40. The van der Waals surface area contributed by atoms with E-state index in [1.54, 1.807) is 0 Å². The highest BCUT2D eigenvalue weighted by atomic mass is 32.2. The minimum Gasteiger partial charge on any atom is -0.392 e. The predicted molar refractivity (Wildman–Crippen MR) is 112 cm³/mol. The third-order valence-corrected chi connectivity index (χ3v) is 6.51. The average Bonchev–Trinajstić information content (AvgIpc) is 2.67. The van der Waals surface area contributed by atoms with Crippen molar-refractivity contribution in [1.82, 2.24) is 4.31 Å². The van der Waals surface area contributed by atoms with Gasteiger partial charge in [0.05, 0.1) is 15.9 Å². The van der Waals surface area contributed by atoms with Crippen molar-refractivity contribution in [3.63, 3.8) is 0 Å². The van der Waals surface area contributed by atoms with Gasteiger partial charge in [-0.05, 0) is 36.0 Å². The highest BCUT2D eigenvalue weighted by Crippen LogP contribution is 2.24. The number of hydrogen-bond acceptors (Lipinski definition) is 5. The molecule has 7 nitrogen and oxygen atoms in total. The van der Waals surface area contributed by atoms with Crippen molar-refractivity contribution in [3.8, 4) is 0 Å². The van der Waals surface area contributed by atoms with Crippen molar-refractivity contribution in [1.29, 1.82) is 0 Å². The Hall–Kier alpha value is -2.29. The van der Waals surface area contributed by atoms with Crippen molar-refractivity contribution in [3.05, 3.63) is 70.3 Å². The molecule has 2 aromatic rings. The number of rotatable bonds is 10. The van der Waals surface area contributed by atoms with Crippen molar-refractivity contribution in [2.24, 2.45) is 5.92 Å². The van der Waals surface area contributed by atoms with Gasteiger partial charge in [-0.1, -0.05) is 51.1 Å². The first kappa shape index (κ1) is 23.0. The Labute approximate surface area is 172 Å². The fourth-order valence-electron chi connectivity index (χ4n) is 3.20. The Morgan fingerprint density at radius 1 is 1.00 bits per heavy atom. The number of nitro groups is 1. The predicted octanol–water partition coefficient (Wildman–Crippen LogP) is 3.80. The molecule has 1 N–H and O–H groups in total. The molecule has 2 rings (SSSR count). The van der Waals surface area contributed by atoms with Gasteiger partial charge in [0.15, 0.2) is 0 Å². The van der Waals surface area contributed by atoms with Crippen LogP contribution in [0.15, 0.2) is 59.5 Å². The number of benzene rings is 2. The summed E-state index contributed by atoms with van der Waals surface area (Å²) < 4.78 is 27.4. The standard InChI is InChI=1S/C21H28N2O5S/c1-16(2)14-22(15-20(24)13-17(3)18-7-5-4-6-8-18)29(27,28)21-11-9-19(10-12-21)23(25)26/h4-12,16-17,20,24H,13-15H2,1-3H3. The Kier molecular flexibility index (Phi) is 7.89. The van der Waals surface area contributed by atoms with Gasteiger partial charge in [0, 0.05) is 25.2 Å². The van der Waals surface area contributed by atoms with Crippen LogP contribution in [0.1, 0.15) is 38.7 Å². The molecule has 0 spiro atoms. The summed E-state index contributed by atoms with van der Waals surface area (Å²) in [4.78, 5) is 10.2. The molecular weight excluding hydrogens is 392 g/mol. The van der Waals surface area contributed by atoms with Crippen LogP contribution in [0.3, 0.4) is 0 Å². The minimum atomic E-state index is -3.88. The van der Waals surface area contributed by atoms with Crippen LogP contribution < -0.4 is 0 Å². The molecule has 0 heterocycles. The summed E-state index contributed by atoms with van der Waals surface area (Å²) in [7, 11) is -3.88. The fourth-order valence-corrected chi connectivity index (χ4v) is 4.84. The van der Waals surface area contributed by atoms with Crippen LogP contribution in [-0.2, 0) is 10.0 Å². The largest absolute Gasteiger partial charge is 0.392 e. The van der Waals surface area contributed by atoms with E-state index in [0.717, 1.165) is 5.56 Å². The normalized spacial score (nSPS) is 14.1. The van der Waals surface area contributed by atoms with E-state index in [1.807, 2.05) is 51.1 Å². The van der Waals surface area contributed by atoms with Crippen LogP contribution in [-0.4, -0.2) is 41.9 Å². The zero-order chi connectivity index (χ0) is 21.6. The maximum atomic E-state index is 13.1. The molecule has 0 saturated heterocycles. The molecule has 158 valence electrons. The van der Waals surface area contributed by atoms with Crippen molar-refractivity contribution < 1.29 is 18.4 Å². The van der Waals surface area contributed by atoms with Crippen molar-refractivity contribution in [2.75, 3.05) is 13.1 Å². The second-order valence-corrected chi connectivity index (χ2v) is 9.61. The van der Waals surface area contributed by atoms with Crippen LogP contribution in [0.5, 0.6) is 0 Å². The molecular formula is C21H28N2O5S. The first-order valence-corrected chi connectivity index (χ1v) is 11.0. The van der Waals surface area contributed by atoms with E-state index in [1.165, 1.54) is 28.6 Å². The minimum absolute atomic E-state index is 0.0212. The van der Waals surface area contributed by atoms with Gasteiger partial charge in [-0.25, -0.2) is 8.42 Å². The highest BCUT2D eigenvalue weighted by Gasteiger charge is 2.28. The summed E-state index contributed by atoms with van der Waals surface area (Å²) in [6.45, 7) is 6.01. The Bertz CT molecular complexity index is 898. The van der Waals surface area contributed by atoms with E-state index in [9.17, 15) is 23.6 Å². The number of non-ortho nitro benzene ring substituents is 1. The van der Waals surface area contributed by atoms with Gasteiger partial charge >= 0.3 is 0 Å². The molecule has 0 fully saturated rings. The van der Waals surface area contributed by atoms with E-state index >= 15 is 0 Å². The summed E-state index contributed by atoms with van der Waals surface area (Å²) in [5.74, 6) is 0.135. The van der Waals surface area contributed by atoms with Crippen molar-refractivity contribution in [2.45, 2.75) is 44.1 Å². The van der Waals surface area contributed by atoms with E-state index < -0.39 is 21.1 Å². The van der Waals surface area contributed by atoms with E-state index in [0.29, 0.717) is 6.42 Å². The Morgan fingerprint density at radius 2 is 1.59 bits per heavy atom. The van der Waals surface area contributed by atoms with Crippen LogP contribution in [0.25, 0.3) is 0 Å². The van der Waals surface area contributed by atoms with Crippen LogP contribution in [0.4, 0.5) is 5.69 Å². The molecule has 0 amide bonds. The number of nitrogens with zero attached hydrogens (tertiary/aromatic N) is 2. The summed E-state index contributed by atoms with van der Waals surface area (Å²) in [5.41, 5.74) is 0.913. The molecule has 0 bridgehead atoms. The maximum absolute atomic E-state index is 13.1. The third-order valence-electron chi connectivity index (χ3n) is 4.66. The lowest BCUT2D eigenvalue weighted by atomic mass is 9.95. The van der Waals surface area contributed by atoms with E-state index in [-0.39, 0.29) is 35.5 Å². The number of nitro benzene ring substituents is 1. The molecule has 29 heavy (non-hydrogen) atoms. The second-order valence-electron chi connectivity index (χ2n) is 7.67. The monoisotopic (exact) mass is 420 g/mol. The number of aliphatic hydroxyl groups excluding tert-OH is 1. The molecule has 0 aliphatic carbocycles. The molecule has 2 atom stereocenters. The summed E-state index contributed by atoms with van der Waals surface area (Å²) in [6, 6.07) is 14.6. The number of aliphatic hydroxyl groups is 1. The Balaban J connectivity index is 2.17. The topological polar surface area (TPSA) is 101 Å². The first-order valence-electron chi connectivity index (χ1n) is 9.59. The summed E-state index contributed by atoms with van der Waals surface area (Å²) in [5, 5.41) is 21.4. The highest BCUT2D eigenvalue weighted by molar-refractivity contribution is 7.89. The van der Waals surface area contributed by atoms with Gasteiger partial charge in [0.25, 0.3) is 5.69 Å². The number of hydrogen-bond donors (Lipinski definition) is 1. The first-order chi connectivity index (χ1) is 13.6. The lowest BCUT2D eigenvalue weighted by molar-refractivity contribution is -0.384. The van der Waals surface area contributed by atoms with E-state index in [4.69, 9.17) is 0 Å². The van der Waals surface area contributed by atoms with Crippen LogP contribution in [0, 0.1) is 16.0 Å². The van der Waals surface area contributed by atoms with Crippen LogP contribution in [0.2, 0.25) is 0 Å². The molecule has 0 radical (unpaired) electrons. The SMILES string of the molecule is CC(C)CN(CC(O)CC(C)c1ccccc1)S(=O)(=O)c1ccc([N+](=O)[O-])cc1. The maximum Gasteiger partial charge on any atom is 0.269 e. The third kappa shape index (κ3) is 6.35. The van der Waals surface area contributed by atoms with Gasteiger partial charge in [-0.15, -0.1) is 0 Å². The average molecular weight is 421 g/mol. The lowest BCUT2D eigenvalue weighted by Gasteiger charge is -2.27. The molecule has 0 aliphatic rings.